The van der Waals surface area contributed by atoms with Gasteiger partial charge in [0.2, 0.25) is 5.95 Å². The van der Waals surface area contributed by atoms with Gasteiger partial charge >= 0.3 is 0 Å². The van der Waals surface area contributed by atoms with Crippen molar-refractivity contribution < 1.29 is 8.42 Å². The minimum Gasteiger partial charge on any atom is -0.354 e. The number of anilines is 2. The molecular weight excluding hydrogens is 406 g/mol. The molecule has 0 N–H and O–H groups in total. The quantitative estimate of drug-likeness (QED) is 0.719. The van der Waals surface area contributed by atoms with Gasteiger partial charge in [-0.25, -0.2) is 13.4 Å². The fourth-order valence-corrected chi connectivity index (χ4v) is 6.78. The van der Waals surface area contributed by atoms with Crippen LogP contribution in [0.25, 0.3) is 0 Å². The van der Waals surface area contributed by atoms with Crippen LogP contribution in [0.1, 0.15) is 36.8 Å². The van der Waals surface area contributed by atoms with Crippen LogP contribution >= 0.6 is 11.3 Å². The molecule has 7 nitrogen and oxygen atoms in total. The number of nitrogens with zero attached hydrogens (tertiary/aromatic N) is 5. The first-order valence-corrected chi connectivity index (χ1v) is 12.7. The predicted octanol–water partition coefficient (Wildman–Crippen LogP) is 2.91. The van der Waals surface area contributed by atoms with E-state index in [1.54, 1.807) is 10.4 Å². The number of piperazine rings is 1. The van der Waals surface area contributed by atoms with Gasteiger partial charge < -0.3 is 9.80 Å². The molecule has 0 aliphatic carbocycles. The Morgan fingerprint density at radius 1 is 0.966 bits per heavy atom. The SMILES string of the molecule is CCc1ccc(S(=O)(=O)N2CCN(c3cc(C)nc(N4CCCCC4)n3)CC2)s1. The van der Waals surface area contributed by atoms with E-state index in [0.29, 0.717) is 30.4 Å². The summed E-state index contributed by atoms with van der Waals surface area (Å²) < 4.78 is 28.0. The summed E-state index contributed by atoms with van der Waals surface area (Å²) in [6, 6.07) is 5.66. The molecule has 0 amide bonds. The predicted molar refractivity (Wildman–Crippen MR) is 118 cm³/mol. The minimum absolute atomic E-state index is 0.452. The van der Waals surface area contributed by atoms with E-state index in [1.165, 1.54) is 30.6 Å². The van der Waals surface area contributed by atoms with E-state index < -0.39 is 10.0 Å². The molecule has 2 aliphatic heterocycles. The van der Waals surface area contributed by atoms with Crippen molar-refractivity contribution >= 4 is 33.1 Å². The van der Waals surface area contributed by atoms with Crippen molar-refractivity contribution in [2.75, 3.05) is 49.1 Å². The molecule has 4 heterocycles. The van der Waals surface area contributed by atoms with Gasteiger partial charge in [0.25, 0.3) is 10.0 Å². The lowest BCUT2D eigenvalue weighted by Gasteiger charge is -2.35. The Hall–Kier alpha value is -1.71. The molecule has 2 aromatic heterocycles. The van der Waals surface area contributed by atoms with E-state index in [2.05, 4.69) is 14.8 Å². The first-order chi connectivity index (χ1) is 14.0. The summed E-state index contributed by atoms with van der Waals surface area (Å²) >= 11 is 1.38. The fraction of sp³-hybridized carbons (Fsp3) is 0.600. The van der Waals surface area contributed by atoms with Gasteiger partial charge in [0.1, 0.15) is 10.0 Å². The first kappa shape index (κ1) is 20.6. The molecule has 0 atom stereocenters. The molecular formula is C20H29N5O2S2. The number of hydrogen-bond acceptors (Lipinski definition) is 7. The smallest absolute Gasteiger partial charge is 0.252 e. The number of hydrogen-bond donors (Lipinski definition) is 0. The van der Waals surface area contributed by atoms with Crippen LogP contribution in [0.5, 0.6) is 0 Å². The second-order valence-corrected chi connectivity index (χ2v) is 11.0. The highest BCUT2D eigenvalue weighted by Gasteiger charge is 2.30. The summed E-state index contributed by atoms with van der Waals surface area (Å²) in [4.78, 5) is 15.0. The van der Waals surface area contributed by atoms with Crippen LogP contribution < -0.4 is 9.80 Å². The number of aromatic nitrogens is 2. The van der Waals surface area contributed by atoms with Gasteiger partial charge in [-0.1, -0.05) is 6.92 Å². The Balaban J connectivity index is 1.46. The Morgan fingerprint density at radius 2 is 1.69 bits per heavy atom. The summed E-state index contributed by atoms with van der Waals surface area (Å²) in [6.45, 7) is 8.30. The summed E-state index contributed by atoms with van der Waals surface area (Å²) in [5, 5.41) is 0. The molecule has 9 heteroatoms. The van der Waals surface area contributed by atoms with Gasteiger partial charge in [0.05, 0.1) is 0 Å². The van der Waals surface area contributed by atoms with E-state index in [-0.39, 0.29) is 0 Å². The first-order valence-electron chi connectivity index (χ1n) is 10.4. The van der Waals surface area contributed by atoms with Crippen molar-refractivity contribution in [3.63, 3.8) is 0 Å². The number of piperidine rings is 1. The monoisotopic (exact) mass is 435 g/mol. The van der Waals surface area contributed by atoms with Gasteiger partial charge in [0, 0.05) is 55.9 Å². The van der Waals surface area contributed by atoms with Crippen LogP contribution in [0.3, 0.4) is 0 Å². The minimum atomic E-state index is -3.41. The second kappa shape index (κ2) is 8.57. The average molecular weight is 436 g/mol. The highest BCUT2D eigenvalue weighted by atomic mass is 32.2. The lowest BCUT2D eigenvalue weighted by molar-refractivity contribution is 0.384. The zero-order chi connectivity index (χ0) is 20.4. The van der Waals surface area contributed by atoms with Gasteiger partial charge in [0.15, 0.2) is 0 Å². The normalized spacial score (nSPS) is 19.0. The third-order valence-electron chi connectivity index (χ3n) is 5.61. The molecule has 2 aliphatic rings. The number of rotatable bonds is 5. The molecule has 2 fully saturated rings. The topological polar surface area (TPSA) is 69.6 Å². The molecule has 2 saturated heterocycles. The van der Waals surface area contributed by atoms with Crippen LogP contribution in [0, 0.1) is 6.92 Å². The molecule has 0 radical (unpaired) electrons. The van der Waals surface area contributed by atoms with Crippen molar-refractivity contribution in [2.24, 2.45) is 0 Å². The Morgan fingerprint density at radius 3 is 2.34 bits per heavy atom. The number of thiophene rings is 1. The molecule has 0 unspecified atom stereocenters. The van der Waals surface area contributed by atoms with Crippen molar-refractivity contribution in [3.05, 3.63) is 28.8 Å². The van der Waals surface area contributed by atoms with Crippen LogP contribution in [0.15, 0.2) is 22.4 Å². The van der Waals surface area contributed by atoms with E-state index in [9.17, 15) is 8.42 Å². The lowest BCUT2D eigenvalue weighted by Crippen LogP contribution is -2.49. The van der Waals surface area contributed by atoms with E-state index in [1.807, 2.05) is 26.0 Å². The Bertz CT molecular complexity index is 946. The molecule has 0 spiro atoms. The maximum absolute atomic E-state index is 13.0. The summed E-state index contributed by atoms with van der Waals surface area (Å²) in [6.07, 6.45) is 4.51. The van der Waals surface area contributed by atoms with Crippen LogP contribution in [0.4, 0.5) is 11.8 Å². The number of sulfonamides is 1. The van der Waals surface area contributed by atoms with E-state index in [4.69, 9.17) is 4.98 Å². The maximum Gasteiger partial charge on any atom is 0.252 e. The lowest BCUT2D eigenvalue weighted by atomic mass is 10.1. The Labute approximate surface area is 177 Å². The maximum atomic E-state index is 13.0. The Kier molecular flexibility index (Phi) is 6.08. The molecule has 0 saturated carbocycles. The largest absolute Gasteiger partial charge is 0.354 e. The molecule has 0 bridgehead atoms. The van der Waals surface area contributed by atoms with Gasteiger partial charge in [-0.15, -0.1) is 11.3 Å². The van der Waals surface area contributed by atoms with Crippen molar-refractivity contribution in [1.29, 1.82) is 0 Å². The van der Waals surface area contributed by atoms with Gasteiger partial charge in [-0.05, 0) is 44.7 Å². The summed E-state index contributed by atoms with van der Waals surface area (Å²) in [5.41, 5.74) is 0.955. The van der Waals surface area contributed by atoms with Crippen molar-refractivity contribution in [3.8, 4) is 0 Å². The highest BCUT2D eigenvalue weighted by Crippen LogP contribution is 2.27. The zero-order valence-corrected chi connectivity index (χ0v) is 18.8. The third kappa shape index (κ3) is 4.41. The number of aryl methyl sites for hydroxylation is 2. The second-order valence-electron chi connectivity index (χ2n) is 7.68. The zero-order valence-electron chi connectivity index (χ0n) is 17.2. The highest BCUT2D eigenvalue weighted by molar-refractivity contribution is 7.91. The van der Waals surface area contributed by atoms with Crippen LogP contribution in [-0.2, 0) is 16.4 Å². The standard InChI is InChI=1S/C20H29N5O2S2/c1-3-17-7-8-19(28-17)29(26,27)25-13-11-23(12-14-25)18-15-16(2)21-20(22-18)24-9-5-4-6-10-24/h7-8,15H,3-6,9-14H2,1-2H3. The summed E-state index contributed by atoms with van der Waals surface area (Å²) in [7, 11) is -3.41. The van der Waals surface area contributed by atoms with E-state index >= 15 is 0 Å². The summed E-state index contributed by atoms with van der Waals surface area (Å²) in [5.74, 6) is 1.71. The molecule has 4 rings (SSSR count). The van der Waals surface area contributed by atoms with Gasteiger partial charge in [-0.3, -0.25) is 0 Å². The van der Waals surface area contributed by atoms with Crippen LogP contribution in [-0.4, -0.2) is 62.0 Å². The molecule has 158 valence electrons. The molecule has 0 aromatic carbocycles. The average Bonchev–Trinajstić information content (AvgIpc) is 3.24. The molecule has 29 heavy (non-hydrogen) atoms. The fourth-order valence-electron chi connectivity index (χ4n) is 3.91. The van der Waals surface area contributed by atoms with Crippen molar-refractivity contribution in [1.82, 2.24) is 14.3 Å². The van der Waals surface area contributed by atoms with Crippen LogP contribution in [0.2, 0.25) is 0 Å². The van der Waals surface area contributed by atoms with Gasteiger partial charge in [-0.2, -0.15) is 9.29 Å². The van der Waals surface area contributed by atoms with Crippen molar-refractivity contribution in [2.45, 2.75) is 43.7 Å². The third-order valence-corrected chi connectivity index (χ3v) is 9.21. The molecule has 2 aromatic rings. The van der Waals surface area contributed by atoms with E-state index in [0.717, 1.165) is 41.8 Å².